The van der Waals surface area contributed by atoms with Gasteiger partial charge in [0.25, 0.3) is 0 Å². The van der Waals surface area contributed by atoms with E-state index in [-0.39, 0.29) is 0 Å². The third-order valence-electron chi connectivity index (χ3n) is 2.59. The summed E-state index contributed by atoms with van der Waals surface area (Å²) >= 11 is 3.42. The first-order valence-electron chi connectivity index (χ1n) is 5.66. The van der Waals surface area contributed by atoms with Crippen LogP contribution in [-0.2, 0) is 4.74 Å². The van der Waals surface area contributed by atoms with Crippen molar-refractivity contribution in [2.24, 2.45) is 0 Å². The number of hydrogen-bond donors (Lipinski definition) is 2. The Labute approximate surface area is 114 Å². The van der Waals surface area contributed by atoms with Crippen LogP contribution in [0.3, 0.4) is 0 Å². The summed E-state index contributed by atoms with van der Waals surface area (Å²) in [4.78, 5) is 4.31. The Morgan fingerprint density at radius 3 is 3.06 bits per heavy atom. The quantitative estimate of drug-likeness (QED) is 0.890. The van der Waals surface area contributed by atoms with Gasteiger partial charge in [-0.3, -0.25) is 4.98 Å². The molecule has 2 aromatic rings. The fourth-order valence-corrected chi connectivity index (χ4v) is 2.10. The molecule has 2 N–H and O–H groups in total. The second-order valence-electron chi connectivity index (χ2n) is 4.01. The lowest BCUT2D eigenvalue weighted by molar-refractivity contribution is 0.0728. The maximum Gasteiger partial charge on any atom is 0.0945 e. The van der Waals surface area contributed by atoms with Crippen LogP contribution in [0, 0.1) is 0 Å². The first-order chi connectivity index (χ1) is 8.70. The SMILES string of the molecule is COC[C@@H](O)CNc1ccnc2cc(Br)ccc12. The van der Waals surface area contributed by atoms with Crippen molar-refractivity contribution in [2.45, 2.75) is 6.10 Å². The van der Waals surface area contributed by atoms with Crippen LogP contribution in [0.4, 0.5) is 5.69 Å². The fraction of sp³-hybridized carbons (Fsp3) is 0.308. The number of ether oxygens (including phenoxy) is 1. The van der Waals surface area contributed by atoms with Crippen molar-refractivity contribution < 1.29 is 9.84 Å². The van der Waals surface area contributed by atoms with E-state index in [1.165, 1.54) is 0 Å². The van der Waals surface area contributed by atoms with E-state index < -0.39 is 6.10 Å². The first-order valence-corrected chi connectivity index (χ1v) is 6.45. The third kappa shape index (κ3) is 3.19. The molecule has 96 valence electrons. The highest BCUT2D eigenvalue weighted by molar-refractivity contribution is 9.10. The van der Waals surface area contributed by atoms with Gasteiger partial charge in [-0.15, -0.1) is 0 Å². The molecule has 0 fully saturated rings. The highest BCUT2D eigenvalue weighted by Gasteiger charge is 2.06. The molecule has 0 aliphatic heterocycles. The van der Waals surface area contributed by atoms with Gasteiger partial charge in [0.05, 0.1) is 18.2 Å². The molecule has 0 bridgehead atoms. The van der Waals surface area contributed by atoms with E-state index in [0.29, 0.717) is 13.2 Å². The van der Waals surface area contributed by atoms with Gasteiger partial charge >= 0.3 is 0 Å². The number of fused-ring (bicyclic) bond motifs is 1. The molecule has 1 aromatic heterocycles. The molecule has 0 radical (unpaired) electrons. The number of anilines is 1. The van der Waals surface area contributed by atoms with Gasteiger partial charge in [-0.1, -0.05) is 15.9 Å². The molecule has 1 atom stereocenters. The number of aliphatic hydroxyl groups is 1. The zero-order valence-electron chi connectivity index (χ0n) is 10.1. The number of nitrogens with one attached hydrogen (secondary N) is 1. The number of benzene rings is 1. The summed E-state index contributed by atoms with van der Waals surface area (Å²) in [5.74, 6) is 0. The zero-order valence-corrected chi connectivity index (χ0v) is 11.6. The Balaban J connectivity index is 2.18. The lowest BCUT2D eigenvalue weighted by atomic mass is 10.2. The molecule has 0 saturated heterocycles. The standard InChI is InChI=1S/C13H15BrN2O2/c1-18-8-10(17)7-16-12-4-5-15-13-6-9(14)2-3-11(12)13/h2-6,10,17H,7-8H2,1H3,(H,15,16)/t10-/m0/s1. The summed E-state index contributed by atoms with van der Waals surface area (Å²) in [7, 11) is 1.57. The van der Waals surface area contributed by atoms with Crippen LogP contribution in [0.1, 0.15) is 0 Å². The van der Waals surface area contributed by atoms with Gasteiger partial charge < -0.3 is 15.2 Å². The summed E-state index contributed by atoms with van der Waals surface area (Å²) in [5, 5.41) is 13.9. The van der Waals surface area contributed by atoms with Gasteiger partial charge in [0.1, 0.15) is 0 Å². The summed E-state index contributed by atoms with van der Waals surface area (Å²) in [5.41, 5.74) is 1.87. The van der Waals surface area contributed by atoms with Gasteiger partial charge in [-0.2, -0.15) is 0 Å². The molecule has 18 heavy (non-hydrogen) atoms. The molecule has 0 aliphatic carbocycles. The van der Waals surface area contributed by atoms with Crippen LogP contribution in [0.2, 0.25) is 0 Å². The molecule has 4 nitrogen and oxygen atoms in total. The number of aliphatic hydroxyl groups excluding tert-OH is 1. The number of halogens is 1. The Kier molecular flexibility index (Phi) is 4.52. The number of aromatic nitrogens is 1. The lowest BCUT2D eigenvalue weighted by Crippen LogP contribution is -2.24. The van der Waals surface area contributed by atoms with E-state index >= 15 is 0 Å². The molecule has 1 heterocycles. The van der Waals surface area contributed by atoms with Crippen molar-refractivity contribution in [3.8, 4) is 0 Å². The second-order valence-corrected chi connectivity index (χ2v) is 4.93. The maximum absolute atomic E-state index is 9.62. The number of hydrogen-bond acceptors (Lipinski definition) is 4. The molecule has 1 aromatic carbocycles. The number of pyridine rings is 1. The minimum Gasteiger partial charge on any atom is -0.389 e. The van der Waals surface area contributed by atoms with Crippen LogP contribution in [0.25, 0.3) is 10.9 Å². The Hall–Kier alpha value is -1.17. The number of rotatable bonds is 5. The van der Waals surface area contributed by atoms with E-state index in [0.717, 1.165) is 21.1 Å². The molecular weight excluding hydrogens is 296 g/mol. The Morgan fingerprint density at radius 1 is 1.44 bits per heavy atom. The van der Waals surface area contributed by atoms with E-state index in [1.807, 2.05) is 24.3 Å². The summed E-state index contributed by atoms with van der Waals surface area (Å²) in [6.07, 6.45) is 1.23. The molecule has 0 aliphatic rings. The van der Waals surface area contributed by atoms with Crippen LogP contribution in [0.5, 0.6) is 0 Å². The second kappa shape index (κ2) is 6.13. The molecule has 0 amide bonds. The van der Waals surface area contributed by atoms with E-state index in [9.17, 15) is 5.11 Å². The summed E-state index contributed by atoms with van der Waals surface area (Å²) in [6, 6.07) is 7.83. The van der Waals surface area contributed by atoms with Gasteiger partial charge in [0.2, 0.25) is 0 Å². The van der Waals surface area contributed by atoms with E-state index in [4.69, 9.17) is 4.74 Å². The largest absolute Gasteiger partial charge is 0.389 e. The summed E-state index contributed by atoms with van der Waals surface area (Å²) < 4.78 is 5.89. The van der Waals surface area contributed by atoms with Crippen LogP contribution < -0.4 is 5.32 Å². The minimum atomic E-state index is -0.520. The zero-order chi connectivity index (χ0) is 13.0. The van der Waals surface area contributed by atoms with Crippen LogP contribution >= 0.6 is 15.9 Å². The Bertz CT molecular complexity index is 533. The van der Waals surface area contributed by atoms with Crippen molar-refractivity contribution in [2.75, 3.05) is 25.6 Å². The van der Waals surface area contributed by atoms with Crippen LogP contribution in [0.15, 0.2) is 34.9 Å². The highest BCUT2D eigenvalue weighted by atomic mass is 79.9. The number of nitrogens with zero attached hydrogens (tertiary/aromatic N) is 1. The van der Waals surface area contributed by atoms with Gasteiger partial charge in [-0.05, 0) is 24.3 Å². The van der Waals surface area contributed by atoms with Crippen LogP contribution in [-0.4, -0.2) is 36.5 Å². The summed E-state index contributed by atoms with van der Waals surface area (Å²) in [6.45, 7) is 0.768. The smallest absolute Gasteiger partial charge is 0.0945 e. The van der Waals surface area contributed by atoms with Crippen molar-refractivity contribution in [3.63, 3.8) is 0 Å². The topological polar surface area (TPSA) is 54.4 Å². The van der Waals surface area contributed by atoms with Crippen molar-refractivity contribution in [3.05, 3.63) is 34.9 Å². The molecular formula is C13H15BrN2O2. The van der Waals surface area contributed by atoms with Gasteiger partial charge in [-0.25, -0.2) is 0 Å². The minimum absolute atomic E-state index is 0.321. The lowest BCUT2D eigenvalue weighted by Gasteiger charge is -2.13. The fourth-order valence-electron chi connectivity index (χ4n) is 1.75. The predicted molar refractivity (Wildman–Crippen MR) is 75.8 cm³/mol. The third-order valence-corrected chi connectivity index (χ3v) is 3.09. The normalized spacial score (nSPS) is 12.6. The molecule has 0 unspecified atom stereocenters. The Morgan fingerprint density at radius 2 is 2.28 bits per heavy atom. The van der Waals surface area contributed by atoms with E-state index in [2.05, 4.69) is 26.2 Å². The van der Waals surface area contributed by atoms with Crippen molar-refractivity contribution >= 4 is 32.5 Å². The molecule has 0 spiro atoms. The van der Waals surface area contributed by atoms with Crippen molar-refractivity contribution in [1.29, 1.82) is 0 Å². The maximum atomic E-state index is 9.62. The number of methoxy groups -OCH3 is 1. The average molecular weight is 311 g/mol. The molecule has 2 rings (SSSR count). The molecule has 0 saturated carbocycles. The monoisotopic (exact) mass is 310 g/mol. The van der Waals surface area contributed by atoms with Crippen molar-refractivity contribution in [1.82, 2.24) is 4.98 Å². The average Bonchev–Trinajstić information content (AvgIpc) is 2.36. The van der Waals surface area contributed by atoms with Gasteiger partial charge in [0.15, 0.2) is 0 Å². The predicted octanol–water partition coefficient (Wildman–Crippen LogP) is 2.42. The first kappa shape index (κ1) is 13.3. The molecule has 5 heteroatoms. The van der Waals surface area contributed by atoms with E-state index in [1.54, 1.807) is 13.3 Å². The van der Waals surface area contributed by atoms with Gasteiger partial charge in [0, 0.05) is 35.4 Å². The highest BCUT2D eigenvalue weighted by Crippen LogP contribution is 2.24.